The fourth-order valence-corrected chi connectivity index (χ4v) is 3.36. The molecule has 1 atom stereocenters. The lowest BCUT2D eigenvalue weighted by Crippen LogP contribution is -2.48. The summed E-state index contributed by atoms with van der Waals surface area (Å²) in [5, 5.41) is 3.19. The summed E-state index contributed by atoms with van der Waals surface area (Å²) < 4.78 is 0. The third kappa shape index (κ3) is 5.76. The van der Waals surface area contributed by atoms with Crippen molar-refractivity contribution in [3.05, 3.63) is 0 Å². The standard InChI is InChI=1S/C16H29N3O2.ClH/c1-12(17)11-15(20)19-9-7-14(8-10-19)18-16(21)13-5-3-2-4-6-13;/h12-14H,2-11,17H2,1H3,(H,18,21);1H. The Morgan fingerprint density at radius 3 is 2.27 bits per heavy atom. The van der Waals surface area contributed by atoms with E-state index in [-0.39, 0.29) is 42.2 Å². The van der Waals surface area contributed by atoms with Crippen LogP contribution in [-0.4, -0.2) is 41.9 Å². The van der Waals surface area contributed by atoms with Crippen molar-refractivity contribution in [2.45, 2.75) is 70.4 Å². The Kier molecular flexibility index (Phi) is 8.18. The number of nitrogens with one attached hydrogen (secondary N) is 1. The van der Waals surface area contributed by atoms with Gasteiger partial charge in [0.1, 0.15) is 0 Å². The summed E-state index contributed by atoms with van der Waals surface area (Å²) in [4.78, 5) is 26.0. The van der Waals surface area contributed by atoms with Gasteiger partial charge in [-0.15, -0.1) is 12.4 Å². The van der Waals surface area contributed by atoms with E-state index < -0.39 is 0 Å². The number of likely N-dealkylation sites (tertiary alicyclic amines) is 1. The van der Waals surface area contributed by atoms with E-state index in [2.05, 4.69) is 5.32 Å². The molecule has 3 N–H and O–H groups in total. The van der Waals surface area contributed by atoms with Gasteiger partial charge < -0.3 is 16.0 Å². The second kappa shape index (κ2) is 9.36. The van der Waals surface area contributed by atoms with E-state index in [1.807, 2.05) is 11.8 Å². The molecule has 0 aromatic rings. The highest BCUT2D eigenvalue weighted by molar-refractivity contribution is 5.85. The molecule has 1 aliphatic heterocycles. The Hall–Kier alpha value is -0.810. The van der Waals surface area contributed by atoms with Crippen molar-refractivity contribution in [1.82, 2.24) is 10.2 Å². The van der Waals surface area contributed by atoms with Crippen LogP contribution in [0.25, 0.3) is 0 Å². The largest absolute Gasteiger partial charge is 0.353 e. The molecule has 2 rings (SSSR count). The lowest BCUT2D eigenvalue weighted by atomic mass is 9.88. The van der Waals surface area contributed by atoms with E-state index in [4.69, 9.17) is 5.73 Å². The fraction of sp³-hybridized carbons (Fsp3) is 0.875. The number of hydrogen-bond acceptors (Lipinski definition) is 3. The molecule has 0 bridgehead atoms. The van der Waals surface area contributed by atoms with Crippen LogP contribution < -0.4 is 11.1 Å². The number of carbonyl (C=O) groups is 2. The zero-order valence-corrected chi connectivity index (χ0v) is 14.4. The molecule has 5 nitrogen and oxygen atoms in total. The molecule has 2 aliphatic rings. The van der Waals surface area contributed by atoms with Crippen LogP contribution in [0.4, 0.5) is 0 Å². The number of nitrogens with two attached hydrogens (primary N) is 1. The number of amides is 2. The summed E-state index contributed by atoms with van der Waals surface area (Å²) in [5.74, 6) is 0.591. The molecule has 2 amide bonds. The van der Waals surface area contributed by atoms with Crippen molar-refractivity contribution in [2.24, 2.45) is 11.7 Å². The summed E-state index contributed by atoms with van der Waals surface area (Å²) in [6, 6.07) is 0.153. The van der Waals surface area contributed by atoms with Gasteiger partial charge >= 0.3 is 0 Å². The first-order chi connectivity index (χ1) is 10.1. The maximum absolute atomic E-state index is 12.2. The van der Waals surface area contributed by atoms with Crippen molar-refractivity contribution >= 4 is 24.2 Å². The zero-order chi connectivity index (χ0) is 15.2. The van der Waals surface area contributed by atoms with E-state index in [9.17, 15) is 9.59 Å². The molecular formula is C16H30ClN3O2. The lowest BCUT2D eigenvalue weighted by molar-refractivity contribution is -0.132. The first-order valence-electron chi connectivity index (χ1n) is 8.40. The molecule has 0 spiro atoms. The van der Waals surface area contributed by atoms with Gasteiger partial charge in [0.2, 0.25) is 11.8 Å². The highest BCUT2D eigenvalue weighted by Crippen LogP contribution is 2.24. The predicted molar refractivity (Wildman–Crippen MR) is 89.8 cm³/mol. The normalized spacial score (nSPS) is 21.8. The van der Waals surface area contributed by atoms with Gasteiger partial charge in [0.25, 0.3) is 0 Å². The molecule has 0 aromatic carbocycles. The molecule has 2 fully saturated rings. The quantitative estimate of drug-likeness (QED) is 0.825. The SMILES string of the molecule is CC(N)CC(=O)N1CCC(NC(=O)C2CCCCC2)CC1.Cl. The molecule has 6 heteroatoms. The summed E-state index contributed by atoms with van der Waals surface area (Å²) in [6.07, 6.45) is 7.86. The molecule has 0 radical (unpaired) electrons. The Bertz CT molecular complexity index is 362. The molecule has 1 saturated heterocycles. The lowest BCUT2D eigenvalue weighted by Gasteiger charge is -2.34. The minimum atomic E-state index is -0.0822. The molecule has 1 saturated carbocycles. The Morgan fingerprint density at radius 2 is 1.73 bits per heavy atom. The number of piperidine rings is 1. The fourth-order valence-electron chi connectivity index (χ4n) is 3.36. The number of rotatable bonds is 4. The van der Waals surface area contributed by atoms with Crippen LogP contribution in [0.2, 0.25) is 0 Å². The van der Waals surface area contributed by atoms with Gasteiger partial charge in [-0.25, -0.2) is 0 Å². The molecule has 1 unspecified atom stereocenters. The average molecular weight is 332 g/mol. The third-order valence-electron chi connectivity index (χ3n) is 4.67. The zero-order valence-electron chi connectivity index (χ0n) is 13.6. The van der Waals surface area contributed by atoms with E-state index in [1.54, 1.807) is 0 Å². The van der Waals surface area contributed by atoms with Gasteiger partial charge in [-0.1, -0.05) is 19.3 Å². The molecule has 0 aromatic heterocycles. The van der Waals surface area contributed by atoms with Crippen LogP contribution >= 0.6 is 12.4 Å². The second-order valence-electron chi connectivity index (χ2n) is 6.68. The van der Waals surface area contributed by atoms with E-state index in [0.29, 0.717) is 6.42 Å². The van der Waals surface area contributed by atoms with Crippen LogP contribution in [0.5, 0.6) is 0 Å². The Labute approximate surface area is 139 Å². The highest BCUT2D eigenvalue weighted by atomic mass is 35.5. The van der Waals surface area contributed by atoms with Gasteiger partial charge in [0.05, 0.1) is 0 Å². The maximum atomic E-state index is 12.2. The smallest absolute Gasteiger partial charge is 0.224 e. The minimum Gasteiger partial charge on any atom is -0.353 e. The number of carbonyl (C=O) groups excluding carboxylic acids is 2. The van der Waals surface area contributed by atoms with E-state index in [0.717, 1.165) is 38.8 Å². The highest BCUT2D eigenvalue weighted by Gasteiger charge is 2.27. The number of hydrogen-bond donors (Lipinski definition) is 2. The first-order valence-corrected chi connectivity index (χ1v) is 8.40. The summed E-state index contributed by atoms with van der Waals surface area (Å²) in [7, 11) is 0. The van der Waals surface area contributed by atoms with Gasteiger partial charge in [-0.05, 0) is 32.6 Å². The molecule has 1 aliphatic carbocycles. The maximum Gasteiger partial charge on any atom is 0.224 e. The van der Waals surface area contributed by atoms with Gasteiger partial charge in [-0.3, -0.25) is 9.59 Å². The molecule has 22 heavy (non-hydrogen) atoms. The Balaban J connectivity index is 0.00000242. The van der Waals surface area contributed by atoms with Gasteiger partial charge in [0.15, 0.2) is 0 Å². The molecule has 128 valence electrons. The van der Waals surface area contributed by atoms with E-state index in [1.165, 1.54) is 19.3 Å². The minimum absolute atomic E-state index is 0. The van der Waals surface area contributed by atoms with Crippen molar-refractivity contribution in [3.8, 4) is 0 Å². The van der Waals surface area contributed by atoms with Crippen molar-refractivity contribution in [3.63, 3.8) is 0 Å². The monoisotopic (exact) mass is 331 g/mol. The first kappa shape index (κ1) is 19.2. The van der Waals surface area contributed by atoms with Crippen LogP contribution in [0.1, 0.15) is 58.3 Å². The average Bonchev–Trinajstić information content (AvgIpc) is 2.48. The number of nitrogens with zero attached hydrogens (tertiary/aromatic N) is 1. The van der Waals surface area contributed by atoms with Crippen molar-refractivity contribution in [2.75, 3.05) is 13.1 Å². The van der Waals surface area contributed by atoms with Crippen LogP contribution in [-0.2, 0) is 9.59 Å². The van der Waals surface area contributed by atoms with Crippen molar-refractivity contribution in [1.29, 1.82) is 0 Å². The van der Waals surface area contributed by atoms with Crippen molar-refractivity contribution < 1.29 is 9.59 Å². The van der Waals surface area contributed by atoms with E-state index >= 15 is 0 Å². The third-order valence-corrected chi connectivity index (χ3v) is 4.67. The van der Waals surface area contributed by atoms with Crippen LogP contribution in [0.3, 0.4) is 0 Å². The predicted octanol–water partition coefficient (Wildman–Crippen LogP) is 1.83. The van der Waals surface area contributed by atoms with Gasteiger partial charge in [0, 0.05) is 37.5 Å². The second-order valence-corrected chi connectivity index (χ2v) is 6.68. The Morgan fingerprint density at radius 1 is 1.14 bits per heavy atom. The number of halogens is 1. The van der Waals surface area contributed by atoms with Crippen LogP contribution in [0, 0.1) is 5.92 Å². The molecular weight excluding hydrogens is 302 g/mol. The van der Waals surface area contributed by atoms with Gasteiger partial charge in [-0.2, -0.15) is 0 Å². The summed E-state index contributed by atoms with van der Waals surface area (Å²) in [5.41, 5.74) is 5.67. The topological polar surface area (TPSA) is 75.4 Å². The van der Waals surface area contributed by atoms with Crippen LogP contribution in [0.15, 0.2) is 0 Å². The summed E-state index contributed by atoms with van der Waals surface area (Å²) in [6.45, 7) is 3.33. The summed E-state index contributed by atoms with van der Waals surface area (Å²) >= 11 is 0. The molecule has 1 heterocycles.